The number of ether oxygens (including phenoxy) is 1. The maximum absolute atomic E-state index is 11.6. The topological polar surface area (TPSA) is 68.9 Å². The van der Waals surface area contributed by atoms with Crippen molar-refractivity contribution in [3.05, 3.63) is 12.0 Å². The first kappa shape index (κ1) is 12.6. The molecule has 2 heterocycles. The van der Waals surface area contributed by atoms with Crippen LogP contribution in [0.15, 0.2) is 17.0 Å². The Bertz CT molecular complexity index is 443. The first-order valence-corrected chi connectivity index (χ1v) is 5.95. The Morgan fingerprint density at radius 2 is 2.22 bits per heavy atom. The molecule has 2 aliphatic rings. The fraction of sp³-hybridized carbons (Fsp3) is 0.583. The van der Waals surface area contributed by atoms with E-state index in [0.717, 1.165) is 13.1 Å². The van der Waals surface area contributed by atoms with Gasteiger partial charge in [0.15, 0.2) is 0 Å². The van der Waals surface area contributed by atoms with E-state index in [0.29, 0.717) is 24.7 Å². The molecule has 0 N–H and O–H groups in total. The van der Waals surface area contributed by atoms with E-state index in [9.17, 15) is 4.79 Å². The predicted molar refractivity (Wildman–Crippen MR) is 65.5 cm³/mol. The number of hydrogen-bond acceptors (Lipinski definition) is 5. The van der Waals surface area contributed by atoms with Gasteiger partial charge in [-0.1, -0.05) is 0 Å². The number of morpholine rings is 1. The monoisotopic (exact) mass is 248 g/mol. The molecule has 0 aromatic rings. The summed E-state index contributed by atoms with van der Waals surface area (Å²) in [5, 5.41) is 9.09. The van der Waals surface area contributed by atoms with Gasteiger partial charge in [-0.15, -0.1) is 0 Å². The summed E-state index contributed by atoms with van der Waals surface area (Å²) in [6, 6.07) is 1.77. The van der Waals surface area contributed by atoms with Crippen molar-refractivity contribution in [1.82, 2.24) is 9.80 Å². The van der Waals surface area contributed by atoms with Crippen LogP contribution in [0.4, 0.5) is 0 Å². The van der Waals surface area contributed by atoms with Gasteiger partial charge in [-0.2, -0.15) is 5.26 Å². The molecular weight excluding hydrogens is 232 g/mol. The Morgan fingerprint density at radius 1 is 1.56 bits per heavy atom. The van der Waals surface area contributed by atoms with E-state index in [4.69, 9.17) is 10.00 Å². The molecule has 0 saturated carbocycles. The number of hydrogen-bond donors (Lipinski definition) is 0. The maximum atomic E-state index is 11.6. The molecule has 1 atom stereocenters. The minimum Gasteiger partial charge on any atom is -0.378 e. The van der Waals surface area contributed by atoms with Crippen LogP contribution in [0.2, 0.25) is 0 Å². The molecule has 0 spiro atoms. The highest BCUT2D eigenvalue weighted by molar-refractivity contribution is 6.05. The van der Waals surface area contributed by atoms with Gasteiger partial charge in [0.25, 0.3) is 0 Å². The molecule has 1 saturated heterocycles. The molecule has 0 bridgehead atoms. The third-order valence-corrected chi connectivity index (χ3v) is 3.12. The van der Waals surface area contributed by atoms with Gasteiger partial charge in [-0.3, -0.25) is 4.79 Å². The Hall–Kier alpha value is -1.87. The molecule has 0 aromatic carbocycles. The molecule has 1 fully saturated rings. The van der Waals surface area contributed by atoms with Crippen LogP contribution in [0.5, 0.6) is 0 Å². The van der Waals surface area contributed by atoms with Gasteiger partial charge in [0.05, 0.1) is 25.5 Å². The molecule has 2 rings (SSSR count). The SMILES string of the molecule is CC(=O)N1C=C(N2CCOCC2)N=C(C#N)C1C. The summed E-state index contributed by atoms with van der Waals surface area (Å²) in [7, 11) is 0. The predicted octanol–water partition coefficient (Wildman–Crippen LogP) is 0.333. The Morgan fingerprint density at radius 3 is 2.78 bits per heavy atom. The zero-order valence-electron chi connectivity index (χ0n) is 10.6. The third-order valence-electron chi connectivity index (χ3n) is 3.12. The second-order valence-corrected chi connectivity index (χ2v) is 4.30. The van der Waals surface area contributed by atoms with Crippen LogP contribution >= 0.6 is 0 Å². The van der Waals surface area contributed by atoms with E-state index < -0.39 is 0 Å². The first-order valence-electron chi connectivity index (χ1n) is 5.95. The molecule has 2 aliphatic heterocycles. The molecule has 0 radical (unpaired) electrons. The number of nitriles is 1. The van der Waals surface area contributed by atoms with Crippen LogP contribution in [0.25, 0.3) is 0 Å². The summed E-state index contributed by atoms with van der Waals surface area (Å²) < 4.78 is 5.28. The molecule has 0 aromatic heterocycles. The normalized spacial score (nSPS) is 24.2. The van der Waals surface area contributed by atoms with Crippen molar-refractivity contribution < 1.29 is 9.53 Å². The molecular formula is C12H16N4O2. The zero-order valence-corrected chi connectivity index (χ0v) is 10.6. The van der Waals surface area contributed by atoms with Crippen molar-refractivity contribution in [3.63, 3.8) is 0 Å². The standard InChI is InChI=1S/C12H16N4O2/c1-9-11(7-13)14-12(8-16(9)10(2)17)15-3-5-18-6-4-15/h8-9H,3-6H2,1-2H3. The van der Waals surface area contributed by atoms with E-state index in [-0.39, 0.29) is 11.9 Å². The van der Waals surface area contributed by atoms with Gasteiger partial charge in [-0.05, 0) is 6.92 Å². The molecule has 6 nitrogen and oxygen atoms in total. The largest absolute Gasteiger partial charge is 0.378 e. The summed E-state index contributed by atoms with van der Waals surface area (Å²) in [5.41, 5.74) is 0.370. The summed E-state index contributed by atoms with van der Waals surface area (Å²) in [6.07, 6.45) is 1.72. The third kappa shape index (κ3) is 2.36. The highest BCUT2D eigenvalue weighted by Crippen LogP contribution is 2.18. The second-order valence-electron chi connectivity index (χ2n) is 4.30. The zero-order chi connectivity index (χ0) is 13.1. The molecule has 1 amide bonds. The summed E-state index contributed by atoms with van der Waals surface area (Å²) in [4.78, 5) is 19.5. The maximum Gasteiger partial charge on any atom is 0.224 e. The van der Waals surface area contributed by atoms with Gasteiger partial charge in [0.1, 0.15) is 17.6 Å². The quantitative estimate of drug-likeness (QED) is 0.670. The van der Waals surface area contributed by atoms with Crippen molar-refractivity contribution in [2.24, 2.45) is 4.99 Å². The van der Waals surface area contributed by atoms with Crippen molar-refractivity contribution in [2.75, 3.05) is 26.3 Å². The van der Waals surface area contributed by atoms with E-state index in [1.807, 2.05) is 4.90 Å². The van der Waals surface area contributed by atoms with Crippen LogP contribution in [0.3, 0.4) is 0 Å². The van der Waals surface area contributed by atoms with E-state index >= 15 is 0 Å². The van der Waals surface area contributed by atoms with Gasteiger partial charge in [0, 0.05) is 20.0 Å². The van der Waals surface area contributed by atoms with Gasteiger partial charge < -0.3 is 14.5 Å². The number of rotatable bonds is 1. The fourth-order valence-electron chi connectivity index (χ4n) is 2.04. The van der Waals surface area contributed by atoms with Gasteiger partial charge >= 0.3 is 0 Å². The number of carbonyl (C=O) groups excluding carboxylic acids is 1. The second kappa shape index (κ2) is 5.19. The minimum absolute atomic E-state index is 0.0871. The lowest BCUT2D eigenvalue weighted by molar-refractivity contribution is -0.127. The van der Waals surface area contributed by atoms with Crippen LogP contribution < -0.4 is 0 Å². The van der Waals surface area contributed by atoms with Crippen LogP contribution in [-0.2, 0) is 9.53 Å². The fourth-order valence-corrected chi connectivity index (χ4v) is 2.04. The van der Waals surface area contributed by atoms with Crippen molar-refractivity contribution >= 4 is 11.6 Å². The molecule has 1 unspecified atom stereocenters. The number of aliphatic imine (C=N–C) groups is 1. The lowest BCUT2D eigenvalue weighted by Crippen LogP contribution is -2.44. The highest BCUT2D eigenvalue weighted by atomic mass is 16.5. The van der Waals surface area contributed by atoms with Crippen LogP contribution in [0.1, 0.15) is 13.8 Å². The molecule has 0 aliphatic carbocycles. The van der Waals surface area contributed by atoms with E-state index in [1.54, 1.807) is 18.0 Å². The summed E-state index contributed by atoms with van der Waals surface area (Å²) in [5.74, 6) is 0.582. The lowest BCUT2D eigenvalue weighted by atomic mass is 10.1. The average molecular weight is 248 g/mol. The van der Waals surface area contributed by atoms with Crippen molar-refractivity contribution in [1.29, 1.82) is 5.26 Å². The van der Waals surface area contributed by atoms with E-state index in [2.05, 4.69) is 11.1 Å². The molecule has 96 valence electrons. The van der Waals surface area contributed by atoms with Gasteiger partial charge in [-0.25, -0.2) is 4.99 Å². The van der Waals surface area contributed by atoms with Crippen LogP contribution in [-0.4, -0.2) is 53.8 Å². The Labute approximate surface area is 106 Å². The van der Waals surface area contributed by atoms with Crippen molar-refractivity contribution in [2.45, 2.75) is 19.9 Å². The first-order chi connectivity index (χ1) is 8.63. The summed E-state index contributed by atoms with van der Waals surface area (Å²) in [6.45, 7) is 6.04. The Balaban J connectivity index is 2.27. The summed E-state index contributed by atoms with van der Waals surface area (Å²) >= 11 is 0. The van der Waals surface area contributed by atoms with E-state index in [1.165, 1.54) is 6.92 Å². The molecule has 6 heteroatoms. The van der Waals surface area contributed by atoms with Crippen molar-refractivity contribution in [3.8, 4) is 6.07 Å². The smallest absolute Gasteiger partial charge is 0.224 e. The lowest BCUT2D eigenvalue weighted by Gasteiger charge is -2.34. The number of carbonyl (C=O) groups is 1. The molecule has 18 heavy (non-hydrogen) atoms. The number of nitrogens with zero attached hydrogens (tertiary/aromatic N) is 4. The van der Waals surface area contributed by atoms with Gasteiger partial charge in [0.2, 0.25) is 5.91 Å². The highest BCUT2D eigenvalue weighted by Gasteiger charge is 2.27. The number of amides is 1. The Kier molecular flexibility index (Phi) is 3.63. The minimum atomic E-state index is -0.294. The average Bonchev–Trinajstić information content (AvgIpc) is 2.39. The van der Waals surface area contributed by atoms with Crippen LogP contribution in [0, 0.1) is 11.3 Å².